The molecule has 0 aromatic heterocycles. The Bertz CT molecular complexity index is 741. The van der Waals surface area contributed by atoms with Gasteiger partial charge in [-0.25, -0.2) is 0 Å². The van der Waals surface area contributed by atoms with Gasteiger partial charge in [-0.2, -0.15) is 0 Å². The minimum Gasteiger partial charge on any atom is -0.489 e. The molecule has 3 aliphatic carbocycles. The monoisotopic (exact) mass is 398 g/mol. The Morgan fingerprint density at radius 2 is 2.00 bits per heavy atom. The highest BCUT2D eigenvalue weighted by atomic mass is 35.5. The predicted octanol–water partition coefficient (Wildman–Crippen LogP) is 3.07. The maximum Gasteiger partial charge on any atom is 0.124 e. The van der Waals surface area contributed by atoms with E-state index in [9.17, 15) is 5.11 Å². The van der Waals surface area contributed by atoms with Crippen LogP contribution in [0.3, 0.4) is 0 Å². The maximum absolute atomic E-state index is 12.0. The minimum absolute atomic E-state index is 0. The van der Waals surface area contributed by atoms with Crippen LogP contribution < -0.4 is 10.5 Å². The molecule has 26 heavy (non-hydrogen) atoms. The molecule has 144 valence electrons. The zero-order valence-electron chi connectivity index (χ0n) is 14.9. The molecule has 1 spiro atoms. The van der Waals surface area contributed by atoms with Crippen LogP contribution in [0.15, 0.2) is 12.1 Å². The van der Waals surface area contributed by atoms with Crippen molar-refractivity contribution in [1.29, 1.82) is 0 Å². The van der Waals surface area contributed by atoms with Gasteiger partial charge in [0.15, 0.2) is 0 Å². The second-order valence-corrected chi connectivity index (χ2v) is 8.81. The van der Waals surface area contributed by atoms with E-state index in [1.54, 1.807) is 0 Å². The zero-order valence-corrected chi connectivity index (χ0v) is 16.6. The average molecular weight is 399 g/mol. The van der Waals surface area contributed by atoms with E-state index >= 15 is 0 Å². The van der Waals surface area contributed by atoms with Gasteiger partial charge in [-0.05, 0) is 75.1 Å². The SMILES string of the molecule is Cl.Cl.Nc1ccc2c3c1C[C@H]1N(CC4CC4)CC[C@@]34[C@H](CCC[C@@]14O)O2. The molecule has 0 radical (unpaired) electrons. The molecule has 2 aliphatic heterocycles. The van der Waals surface area contributed by atoms with Gasteiger partial charge >= 0.3 is 0 Å². The van der Waals surface area contributed by atoms with Crippen LogP contribution in [0, 0.1) is 5.92 Å². The summed E-state index contributed by atoms with van der Waals surface area (Å²) < 4.78 is 6.39. The van der Waals surface area contributed by atoms with Crippen molar-refractivity contribution in [2.75, 3.05) is 18.8 Å². The van der Waals surface area contributed by atoms with E-state index in [2.05, 4.69) is 4.90 Å². The normalized spacial score (nSPS) is 39.3. The fourth-order valence-corrected chi connectivity index (χ4v) is 6.53. The van der Waals surface area contributed by atoms with Crippen molar-refractivity contribution in [3.8, 4) is 5.75 Å². The van der Waals surface area contributed by atoms with Crippen molar-refractivity contribution >= 4 is 30.5 Å². The molecule has 2 saturated carbocycles. The molecule has 1 aromatic rings. The lowest BCUT2D eigenvalue weighted by Crippen LogP contribution is -2.75. The first-order valence-electron chi connectivity index (χ1n) is 9.68. The van der Waals surface area contributed by atoms with E-state index in [-0.39, 0.29) is 42.4 Å². The summed E-state index contributed by atoms with van der Waals surface area (Å²) in [6.45, 7) is 2.25. The van der Waals surface area contributed by atoms with Gasteiger partial charge in [-0.15, -0.1) is 24.8 Å². The van der Waals surface area contributed by atoms with Gasteiger partial charge in [0.25, 0.3) is 0 Å². The molecule has 6 heteroatoms. The summed E-state index contributed by atoms with van der Waals surface area (Å²) in [5, 5.41) is 12.0. The summed E-state index contributed by atoms with van der Waals surface area (Å²) >= 11 is 0. The van der Waals surface area contributed by atoms with Gasteiger partial charge < -0.3 is 15.6 Å². The third-order valence-corrected chi connectivity index (χ3v) is 7.75. The molecule has 3 N–H and O–H groups in total. The van der Waals surface area contributed by atoms with Crippen LogP contribution in [0.5, 0.6) is 5.75 Å². The van der Waals surface area contributed by atoms with E-state index in [0.29, 0.717) is 0 Å². The average Bonchev–Trinajstić information content (AvgIpc) is 3.30. The Balaban J connectivity index is 0.000000841. The van der Waals surface area contributed by atoms with Crippen molar-refractivity contribution in [3.63, 3.8) is 0 Å². The molecule has 0 amide bonds. The molecule has 4 nitrogen and oxygen atoms in total. The lowest BCUT2D eigenvalue weighted by Gasteiger charge is -2.63. The highest BCUT2D eigenvalue weighted by Crippen LogP contribution is 2.64. The van der Waals surface area contributed by atoms with Gasteiger partial charge in [0.05, 0.1) is 11.0 Å². The van der Waals surface area contributed by atoms with Crippen molar-refractivity contribution in [2.45, 2.75) is 68.1 Å². The Hall–Kier alpha value is -0.680. The number of piperidine rings is 1. The standard InChI is InChI=1S/C20H26N2O2.2ClH/c21-14-5-6-15-18-13(14)10-16-20(23)7-1-2-17(24-15)19(18,20)8-9-22(16)11-12-3-4-12;;/h5-6,12,16-17,23H,1-4,7-11,21H2;2*1H/t16-,17+,19-,20-;;/m1../s1. The molecule has 5 aliphatic rings. The van der Waals surface area contributed by atoms with E-state index in [0.717, 1.165) is 62.5 Å². The van der Waals surface area contributed by atoms with Gasteiger partial charge in [0, 0.05) is 23.8 Å². The first kappa shape index (κ1) is 18.7. The first-order valence-corrected chi connectivity index (χ1v) is 9.68. The van der Waals surface area contributed by atoms with Crippen LogP contribution in [-0.2, 0) is 11.8 Å². The summed E-state index contributed by atoms with van der Waals surface area (Å²) in [5.41, 5.74) is 8.98. The molecule has 1 aromatic carbocycles. The highest BCUT2D eigenvalue weighted by molar-refractivity contribution is 5.85. The van der Waals surface area contributed by atoms with Crippen molar-refractivity contribution < 1.29 is 9.84 Å². The minimum atomic E-state index is -0.644. The Morgan fingerprint density at radius 3 is 2.77 bits per heavy atom. The Labute approximate surface area is 167 Å². The fourth-order valence-electron chi connectivity index (χ4n) is 6.53. The molecule has 4 atom stereocenters. The number of nitrogens with two attached hydrogens (primary N) is 1. The number of anilines is 1. The van der Waals surface area contributed by atoms with E-state index in [1.165, 1.54) is 24.0 Å². The molecule has 2 heterocycles. The third-order valence-electron chi connectivity index (χ3n) is 7.75. The summed E-state index contributed by atoms with van der Waals surface area (Å²) in [5.74, 6) is 1.85. The number of aliphatic hydroxyl groups is 1. The van der Waals surface area contributed by atoms with Crippen LogP contribution in [0.1, 0.15) is 49.7 Å². The van der Waals surface area contributed by atoms with Crippen LogP contribution in [0.4, 0.5) is 5.69 Å². The number of hydrogen-bond acceptors (Lipinski definition) is 4. The lowest BCUT2D eigenvalue weighted by atomic mass is 9.49. The topological polar surface area (TPSA) is 58.7 Å². The molecule has 0 unspecified atom stereocenters. The fraction of sp³-hybridized carbons (Fsp3) is 0.700. The number of benzene rings is 1. The Morgan fingerprint density at radius 1 is 1.19 bits per heavy atom. The summed E-state index contributed by atoms with van der Waals surface area (Å²) in [6.07, 6.45) is 7.80. The maximum atomic E-state index is 12.0. The second-order valence-electron chi connectivity index (χ2n) is 8.81. The van der Waals surface area contributed by atoms with Gasteiger partial charge in [-0.3, -0.25) is 4.90 Å². The lowest BCUT2D eigenvalue weighted by molar-refractivity contribution is -0.185. The van der Waals surface area contributed by atoms with Gasteiger partial charge in [0.2, 0.25) is 0 Å². The number of halogens is 2. The number of likely N-dealkylation sites (tertiary alicyclic amines) is 1. The van der Waals surface area contributed by atoms with Gasteiger partial charge in [-0.1, -0.05) is 0 Å². The van der Waals surface area contributed by atoms with Crippen molar-refractivity contribution in [1.82, 2.24) is 4.90 Å². The number of hydrogen-bond donors (Lipinski definition) is 2. The highest BCUT2D eigenvalue weighted by Gasteiger charge is 2.70. The molecule has 6 rings (SSSR count). The third kappa shape index (κ3) is 2.05. The number of nitrogen functional groups attached to an aromatic ring is 1. The van der Waals surface area contributed by atoms with Crippen LogP contribution in [0.25, 0.3) is 0 Å². The smallest absolute Gasteiger partial charge is 0.124 e. The van der Waals surface area contributed by atoms with Crippen LogP contribution >= 0.6 is 24.8 Å². The number of nitrogens with zero attached hydrogens (tertiary/aromatic N) is 1. The van der Waals surface area contributed by atoms with Crippen LogP contribution in [0.2, 0.25) is 0 Å². The summed E-state index contributed by atoms with van der Waals surface area (Å²) in [4.78, 5) is 2.60. The summed E-state index contributed by atoms with van der Waals surface area (Å²) in [6, 6.07) is 4.26. The number of rotatable bonds is 2. The Kier molecular flexibility index (Phi) is 4.24. The molecule has 1 saturated heterocycles. The van der Waals surface area contributed by atoms with E-state index in [1.807, 2.05) is 12.1 Å². The molecule has 3 fully saturated rings. The molecular formula is C20H28Cl2N2O2. The second kappa shape index (κ2) is 5.91. The zero-order chi connectivity index (χ0) is 16.1. The largest absolute Gasteiger partial charge is 0.489 e. The first-order chi connectivity index (χ1) is 11.6. The van der Waals surface area contributed by atoms with Crippen LogP contribution in [-0.4, -0.2) is 40.8 Å². The number of ether oxygens (including phenoxy) is 1. The van der Waals surface area contributed by atoms with Crippen molar-refractivity contribution in [3.05, 3.63) is 23.3 Å². The molecule has 2 bridgehead atoms. The molecular weight excluding hydrogens is 371 g/mol. The van der Waals surface area contributed by atoms with Gasteiger partial charge in [0.1, 0.15) is 11.9 Å². The van der Waals surface area contributed by atoms with E-state index in [4.69, 9.17) is 10.5 Å². The van der Waals surface area contributed by atoms with E-state index < -0.39 is 5.60 Å². The van der Waals surface area contributed by atoms with Crippen molar-refractivity contribution in [2.24, 2.45) is 5.92 Å². The summed E-state index contributed by atoms with van der Waals surface area (Å²) in [7, 11) is 0. The quantitative estimate of drug-likeness (QED) is 0.751. The predicted molar refractivity (Wildman–Crippen MR) is 107 cm³/mol.